The molecule has 4 heterocycles. The Balaban J connectivity index is 1.18. The predicted octanol–water partition coefficient (Wildman–Crippen LogP) is 10.1. The van der Waals surface area contributed by atoms with Gasteiger partial charge in [0, 0.05) is 24.2 Å². The van der Waals surface area contributed by atoms with E-state index >= 15 is 0 Å². The average Bonchev–Trinajstić information content (AvgIpc) is 3.11. The van der Waals surface area contributed by atoms with Gasteiger partial charge in [-0.1, -0.05) is 89.9 Å². The molecule has 1 aliphatic carbocycles. The zero-order valence-electron chi connectivity index (χ0n) is 30.7. The third-order valence-electron chi connectivity index (χ3n) is 13.8. The van der Waals surface area contributed by atoms with Gasteiger partial charge >= 0.3 is 0 Å². The topological polar surface area (TPSA) is 48.1 Å². The molecule has 4 nitrogen and oxygen atoms in total. The van der Waals surface area contributed by atoms with Gasteiger partial charge in [0.1, 0.15) is 0 Å². The van der Waals surface area contributed by atoms with E-state index in [0.717, 1.165) is 47.8 Å². The summed E-state index contributed by atoms with van der Waals surface area (Å²) in [6, 6.07) is 3.25. The highest BCUT2D eigenvalue weighted by molar-refractivity contribution is 4.80. The number of hydrogen-bond acceptors (Lipinski definition) is 4. The van der Waals surface area contributed by atoms with Gasteiger partial charge in [0.15, 0.2) is 0 Å². The number of piperidine rings is 4. The van der Waals surface area contributed by atoms with Crippen molar-refractivity contribution >= 4 is 0 Å². The molecule has 0 aromatic rings. The van der Waals surface area contributed by atoms with Crippen LogP contribution in [0, 0.1) is 23.7 Å². The van der Waals surface area contributed by atoms with Crippen LogP contribution in [0.15, 0.2) is 0 Å². The van der Waals surface area contributed by atoms with E-state index in [4.69, 9.17) is 0 Å². The lowest BCUT2D eigenvalue weighted by molar-refractivity contribution is 0.246. The quantitative estimate of drug-likeness (QED) is 0.171. The first-order valence-corrected chi connectivity index (χ1v) is 21.7. The van der Waals surface area contributed by atoms with Crippen molar-refractivity contribution in [3.63, 3.8) is 0 Å². The maximum absolute atomic E-state index is 3.88. The lowest BCUT2D eigenvalue weighted by Gasteiger charge is -2.30. The zero-order valence-corrected chi connectivity index (χ0v) is 30.7. The zero-order chi connectivity index (χ0) is 31.5. The Morgan fingerprint density at radius 2 is 0.500 bits per heavy atom. The molecule has 4 N–H and O–H groups in total. The first-order valence-electron chi connectivity index (χ1n) is 21.7. The Bertz CT molecular complexity index is 612. The highest BCUT2D eigenvalue weighted by Gasteiger charge is 2.24. The summed E-state index contributed by atoms with van der Waals surface area (Å²) in [5.74, 6) is 3.88. The molecule has 0 bridgehead atoms. The summed E-state index contributed by atoms with van der Waals surface area (Å²) in [7, 11) is 0. The minimum atomic E-state index is 0.812. The standard InChI is InChI=1S/C42H80N4/c1-5-31-43-39(15-1)27-23-35-11-9-12-37(25-29-41-17-3-7-33-45-41)21-22-38(26-30-42-18-4-8-34-46-42)14-10-13-36(20-19-35)24-28-40-16-2-6-32-44-40/h35-46H,1-34H2. The minimum Gasteiger partial charge on any atom is -0.314 e. The molecular formula is C42H80N4. The first kappa shape index (κ1) is 37.1. The van der Waals surface area contributed by atoms with Crippen molar-refractivity contribution < 1.29 is 0 Å². The van der Waals surface area contributed by atoms with Crippen molar-refractivity contribution in [1.82, 2.24) is 21.3 Å². The molecule has 1 saturated carbocycles. The summed E-state index contributed by atoms with van der Waals surface area (Å²) in [6.07, 6.45) is 43.9. The summed E-state index contributed by atoms with van der Waals surface area (Å²) in [5, 5.41) is 15.5. The van der Waals surface area contributed by atoms with Crippen molar-refractivity contribution in [2.45, 2.75) is 217 Å². The van der Waals surface area contributed by atoms with Crippen molar-refractivity contribution in [3.05, 3.63) is 0 Å². The summed E-state index contributed by atoms with van der Waals surface area (Å²) in [6.45, 7) is 5.06. The van der Waals surface area contributed by atoms with E-state index in [1.807, 2.05) is 0 Å². The maximum Gasteiger partial charge on any atom is 0.00671 e. The summed E-state index contributed by atoms with van der Waals surface area (Å²) in [4.78, 5) is 0. The molecule has 4 aliphatic heterocycles. The average molecular weight is 641 g/mol. The minimum absolute atomic E-state index is 0.812. The van der Waals surface area contributed by atoms with Gasteiger partial charge in [0.05, 0.1) is 0 Å². The number of nitrogens with one attached hydrogen (secondary N) is 4. The van der Waals surface area contributed by atoms with Crippen molar-refractivity contribution in [3.8, 4) is 0 Å². The van der Waals surface area contributed by atoms with Gasteiger partial charge in [0.2, 0.25) is 0 Å². The van der Waals surface area contributed by atoms with Crippen LogP contribution >= 0.6 is 0 Å². The molecule has 0 spiro atoms. The molecule has 5 aliphatic rings. The van der Waals surface area contributed by atoms with Crippen molar-refractivity contribution in [2.75, 3.05) is 26.2 Å². The third kappa shape index (κ3) is 14.8. The van der Waals surface area contributed by atoms with E-state index in [1.165, 1.54) is 219 Å². The molecule has 4 saturated heterocycles. The van der Waals surface area contributed by atoms with Crippen LogP contribution < -0.4 is 21.3 Å². The van der Waals surface area contributed by atoms with Crippen LogP contribution in [-0.2, 0) is 0 Å². The van der Waals surface area contributed by atoms with E-state index in [1.54, 1.807) is 0 Å². The van der Waals surface area contributed by atoms with Gasteiger partial charge in [-0.25, -0.2) is 0 Å². The molecule has 8 atom stereocenters. The fourth-order valence-electron chi connectivity index (χ4n) is 10.5. The Morgan fingerprint density at radius 1 is 0.239 bits per heavy atom. The molecular weight excluding hydrogens is 560 g/mol. The van der Waals surface area contributed by atoms with Gasteiger partial charge in [-0.15, -0.1) is 0 Å². The SMILES string of the molecule is C1CCC(CCC2CCCC(CCC3CCCCN3)CCC(CCC3CCCCN3)CCCC(CCC3CCCCN3)CC2)NC1. The lowest BCUT2D eigenvalue weighted by atomic mass is 9.79. The molecule has 5 fully saturated rings. The summed E-state index contributed by atoms with van der Waals surface area (Å²) in [5.41, 5.74) is 0. The van der Waals surface area contributed by atoms with E-state index in [9.17, 15) is 0 Å². The molecule has 5 rings (SSSR count). The monoisotopic (exact) mass is 641 g/mol. The van der Waals surface area contributed by atoms with E-state index in [-0.39, 0.29) is 0 Å². The normalized spacial score (nSPS) is 36.5. The Labute approximate surface area is 287 Å². The molecule has 46 heavy (non-hydrogen) atoms. The smallest absolute Gasteiger partial charge is 0.00671 e. The Hall–Kier alpha value is -0.160. The predicted molar refractivity (Wildman–Crippen MR) is 200 cm³/mol. The van der Waals surface area contributed by atoms with Crippen LogP contribution in [-0.4, -0.2) is 50.3 Å². The van der Waals surface area contributed by atoms with Crippen LogP contribution in [0.2, 0.25) is 0 Å². The molecule has 4 heteroatoms. The van der Waals surface area contributed by atoms with Gasteiger partial charge in [-0.2, -0.15) is 0 Å². The van der Waals surface area contributed by atoms with Crippen LogP contribution in [0.4, 0.5) is 0 Å². The fraction of sp³-hybridized carbons (Fsp3) is 1.00. The van der Waals surface area contributed by atoms with Gasteiger partial charge in [-0.05, 0) is 153 Å². The molecule has 0 aromatic heterocycles. The first-order chi connectivity index (χ1) is 22.8. The molecule has 0 aromatic carbocycles. The molecule has 0 amide bonds. The highest BCUT2D eigenvalue weighted by Crippen LogP contribution is 2.35. The van der Waals surface area contributed by atoms with E-state index in [0.29, 0.717) is 0 Å². The van der Waals surface area contributed by atoms with Crippen LogP contribution in [0.1, 0.15) is 193 Å². The number of rotatable bonds is 12. The molecule has 268 valence electrons. The van der Waals surface area contributed by atoms with Gasteiger partial charge in [0.25, 0.3) is 0 Å². The van der Waals surface area contributed by atoms with Gasteiger partial charge < -0.3 is 21.3 Å². The summed E-state index contributed by atoms with van der Waals surface area (Å²) >= 11 is 0. The largest absolute Gasteiger partial charge is 0.314 e. The van der Waals surface area contributed by atoms with E-state index in [2.05, 4.69) is 21.3 Å². The van der Waals surface area contributed by atoms with E-state index < -0.39 is 0 Å². The second-order valence-electron chi connectivity index (χ2n) is 17.4. The third-order valence-corrected chi connectivity index (χ3v) is 13.8. The molecule has 8 unspecified atom stereocenters. The van der Waals surface area contributed by atoms with Crippen molar-refractivity contribution in [1.29, 1.82) is 0 Å². The highest BCUT2D eigenvalue weighted by atomic mass is 14.9. The Morgan fingerprint density at radius 3 is 0.717 bits per heavy atom. The number of hydrogen-bond donors (Lipinski definition) is 4. The van der Waals surface area contributed by atoms with Crippen LogP contribution in [0.5, 0.6) is 0 Å². The maximum atomic E-state index is 3.88. The molecule has 0 radical (unpaired) electrons. The fourth-order valence-corrected chi connectivity index (χ4v) is 10.5. The second kappa shape index (κ2) is 22.5. The lowest BCUT2D eigenvalue weighted by Crippen LogP contribution is -2.34. The second-order valence-corrected chi connectivity index (χ2v) is 17.4. The van der Waals surface area contributed by atoms with Crippen molar-refractivity contribution in [2.24, 2.45) is 23.7 Å². The van der Waals surface area contributed by atoms with Crippen LogP contribution in [0.25, 0.3) is 0 Å². The van der Waals surface area contributed by atoms with Crippen LogP contribution in [0.3, 0.4) is 0 Å². The Kier molecular flexibility index (Phi) is 18.2. The van der Waals surface area contributed by atoms with Gasteiger partial charge in [-0.3, -0.25) is 0 Å². The summed E-state index contributed by atoms with van der Waals surface area (Å²) < 4.78 is 0.